The molecule has 10 heteroatoms. The van der Waals surface area contributed by atoms with Gasteiger partial charge in [-0.15, -0.1) is 0 Å². The molecule has 0 aliphatic carbocycles. The van der Waals surface area contributed by atoms with Crippen LogP contribution in [0.2, 0.25) is 5.02 Å². The standard InChI is InChI=1S/C23H25ClN8O/c1-13(31-23-20-22(28-11-27-20)29-12-30-23)16-9-17(24)15-3-2-7-26-19(15)21(16)32-8-6-14(10-32)4-5-18(25)33/h2-3,7,9,11-14H,4-6,8,10H2,1H3,(H2,25,33)(H2,27,28,29,30,31). The van der Waals surface area contributed by atoms with Gasteiger partial charge in [0.1, 0.15) is 11.8 Å². The maximum atomic E-state index is 11.3. The lowest BCUT2D eigenvalue weighted by molar-refractivity contribution is -0.118. The molecule has 4 aromatic rings. The molecule has 1 aliphatic heterocycles. The van der Waals surface area contributed by atoms with Crippen molar-refractivity contribution in [2.24, 2.45) is 11.7 Å². The number of nitrogens with two attached hydrogens (primary N) is 1. The summed E-state index contributed by atoms with van der Waals surface area (Å²) in [5, 5.41) is 5.07. The molecule has 4 heterocycles. The Balaban J connectivity index is 1.53. The number of H-pyrrole nitrogens is 1. The molecule has 9 nitrogen and oxygen atoms in total. The van der Waals surface area contributed by atoms with Crippen LogP contribution in [0.25, 0.3) is 22.1 Å². The van der Waals surface area contributed by atoms with E-state index in [0.29, 0.717) is 28.8 Å². The molecule has 3 aromatic heterocycles. The third-order valence-corrected chi connectivity index (χ3v) is 6.60. The van der Waals surface area contributed by atoms with Gasteiger partial charge in [0, 0.05) is 36.7 Å². The zero-order valence-electron chi connectivity index (χ0n) is 18.3. The third kappa shape index (κ3) is 4.16. The highest BCUT2D eigenvalue weighted by molar-refractivity contribution is 6.36. The van der Waals surface area contributed by atoms with Crippen LogP contribution in [0, 0.1) is 5.92 Å². The fourth-order valence-corrected chi connectivity index (χ4v) is 4.91. The van der Waals surface area contributed by atoms with E-state index >= 15 is 0 Å². The molecule has 2 unspecified atom stereocenters. The van der Waals surface area contributed by atoms with Crippen molar-refractivity contribution in [3.63, 3.8) is 0 Å². The number of primary amides is 1. The number of aromatic amines is 1. The number of hydrogen-bond acceptors (Lipinski definition) is 7. The van der Waals surface area contributed by atoms with E-state index in [2.05, 4.69) is 37.1 Å². The minimum absolute atomic E-state index is 0.116. The minimum Gasteiger partial charge on any atom is -0.370 e. The van der Waals surface area contributed by atoms with Crippen molar-refractivity contribution in [2.75, 3.05) is 23.3 Å². The number of nitrogens with one attached hydrogen (secondary N) is 2. The zero-order chi connectivity index (χ0) is 22.9. The summed E-state index contributed by atoms with van der Waals surface area (Å²) in [5.74, 6) is 0.837. The number of anilines is 2. The van der Waals surface area contributed by atoms with Crippen molar-refractivity contribution >= 4 is 51.1 Å². The molecular weight excluding hydrogens is 440 g/mol. The normalized spacial score (nSPS) is 17.0. The molecule has 1 amide bonds. The molecule has 1 fully saturated rings. The predicted octanol–water partition coefficient (Wildman–Crippen LogP) is 3.82. The van der Waals surface area contributed by atoms with Crippen molar-refractivity contribution in [1.29, 1.82) is 0 Å². The van der Waals surface area contributed by atoms with Gasteiger partial charge in [-0.1, -0.05) is 11.6 Å². The van der Waals surface area contributed by atoms with Gasteiger partial charge in [-0.05, 0) is 43.9 Å². The number of benzene rings is 1. The lowest BCUT2D eigenvalue weighted by Gasteiger charge is -2.27. The Morgan fingerprint density at radius 2 is 2.24 bits per heavy atom. The van der Waals surface area contributed by atoms with E-state index in [-0.39, 0.29) is 11.9 Å². The van der Waals surface area contributed by atoms with Crippen molar-refractivity contribution in [3.8, 4) is 0 Å². The Hall–Kier alpha value is -3.46. The molecule has 0 saturated carbocycles. The second-order valence-electron chi connectivity index (χ2n) is 8.49. The Morgan fingerprint density at radius 3 is 3.09 bits per heavy atom. The van der Waals surface area contributed by atoms with Gasteiger partial charge in [-0.3, -0.25) is 9.78 Å². The molecule has 33 heavy (non-hydrogen) atoms. The number of aromatic nitrogens is 5. The van der Waals surface area contributed by atoms with Crippen molar-refractivity contribution in [3.05, 3.63) is 47.6 Å². The van der Waals surface area contributed by atoms with E-state index in [1.165, 1.54) is 6.33 Å². The quantitative estimate of drug-likeness (QED) is 0.379. The van der Waals surface area contributed by atoms with Crippen LogP contribution in [-0.2, 0) is 4.79 Å². The number of pyridine rings is 1. The number of fused-ring (bicyclic) bond motifs is 2. The maximum absolute atomic E-state index is 11.3. The van der Waals surface area contributed by atoms with Gasteiger partial charge in [0.25, 0.3) is 0 Å². The molecule has 2 atom stereocenters. The first-order valence-electron chi connectivity index (χ1n) is 11.0. The fourth-order valence-electron chi connectivity index (χ4n) is 4.64. The molecule has 1 aromatic carbocycles. The molecule has 5 rings (SSSR count). The number of carbonyl (C=O) groups is 1. The molecule has 1 saturated heterocycles. The molecule has 0 radical (unpaired) electrons. The van der Waals surface area contributed by atoms with Crippen LogP contribution in [0.5, 0.6) is 0 Å². The summed E-state index contributed by atoms with van der Waals surface area (Å²) in [6.07, 6.45) is 7.12. The zero-order valence-corrected chi connectivity index (χ0v) is 19.0. The van der Waals surface area contributed by atoms with Gasteiger partial charge in [0.15, 0.2) is 11.5 Å². The Labute approximate surface area is 195 Å². The number of nitrogens with zero attached hydrogens (tertiary/aromatic N) is 5. The average Bonchev–Trinajstić information content (AvgIpc) is 3.48. The highest BCUT2D eigenvalue weighted by Gasteiger charge is 2.28. The minimum atomic E-state index is -0.249. The summed E-state index contributed by atoms with van der Waals surface area (Å²) in [7, 11) is 0. The van der Waals surface area contributed by atoms with E-state index in [0.717, 1.165) is 53.6 Å². The predicted molar refractivity (Wildman–Crippen MR) is 129 cm³/mol. The van der Waals surface area contributed by atoms with Crippen molar-refractivity contribution in [2.45, 2.75) is 32.2 Å². The number of amides is 1. The lowest BCUT2D eigenvalue weighted by atomic mass is 10.0. The monoisotopic (exact) mass is 464 g/mol. The Morgan fingerprint density at radius 1 is 1.36 bits per heavy atom. The highest BCUT2D eigenvalue weighted by atomic mass is 35.5. The van der Waals surface area contributed by atoms with Crippen LogP contribution in [0.4, 0.5) is 11.5 Å². The van der Waals surface area contributed by atoms with Crippen LogP contribution < -0.4 is 16.0 Å². The topological polar surface area (TPSA) is 126 Å². The van der Waals surface area contributed by atoms with Crippen LogP contribution in [0.1, 0.15) is 37.8 Å². The van der Waals surface area contributed by atoms with Crippen LogP contribution >= 0.6 is 11.6 Å². The van der Waals surface area contributed by atoms with Crippen molar-refractivity contribution < 1.29 is 4.79 Å². The van der Waals surface area contributed by atoms with Gasteiger partial charge < -0.3 is 20.9 Å². The maximum Gasteiger partial charge on any atom is 0.217 e. The van der Waals surface area contributed by atoms with E-state index in [1.807, 2.05) is 18.2 Å². The highest BCUT2D eigenvalue weighted by Crippen LogP contribution is 2.41. The number of rotatable bonds is 7. The van der Waals surface area contributed by atoms with E-state index in [4.69, 9.17) is 22.3 Å². The molecule has 1 aliphatic rings. The third-order valence-electron chi connectivity index (χ3n) is 6.29. The summed E-state index contributed by atoms with van der Waals surface area (Å²) in [4.78, 5) is 34.2. The van der Waals surface area contributed by atoms with Crippen LogP contribution in [0.3, 0.4) is 0 Å². The fraction of sp³-hybridized carbons (Fsp3) is 0.348. The van der Waals surface area contributed by atoms with E-state index < -0.39 is 0 Å². The van der Waals surface area contributed by atoms with Gasteiger partial charge in [0.2, 0.25) is 5.91 Å². The summed E-state index contributed by atoms with van der Waals surface area (Å²) >= 11 is 6.70. The summed E-state index contributed by atoms with van der Waals surface area (Å²) < 4.78 is 0. The second-order valence-corrected chi connectivity index (χ2v) is 8.90. The first-order valence-corrected chi connectivity index (χ1v) is 11.4. The largest absolute Gasteiger partial charge is 0.370 e. The van der Waals surface area contributed by atoms with Gasteiger partial charge in [0.05, 0.1) is 28.6 Å². The summed E-state index contributed by atoms with van der Waals surface area (Å²) in [6, 6.07) is 5.79. The number of carbonyl (C=O) groups excluding carboxylic acids is 1. The molecule has 0 bridgehead atoms. The molecular formula is C23H25ClN8O. The van der Waals surface area contributed by atoms with Gasteiger partial charge in [-0.2, -0.15) is 0 Å². The van der Waals surface area contributed by atoms with Crippen LogP contribution in [-0.4, -0.2) is 43.9 Å². The lowest BCUT2D eigenvalue weighted by Crippen LogP contribution is -2.24. The van der Waals surface area contributed by atoms with Crippen molar-refractivity contribution in [1.82, 2.24) is 24.9 Å². The number of hydrogen-bond donors (Lipinski definition) is 3. The molecule has 4 N–H and O–H groups in total. The Kier molecular flexibility index (Phi) is 5.72. The average molecular weight is 465 g/mol. The summed E-state index contributed by atoms with van der Waals surface area (Å²) in [5.41, 5.74) is 9.70. The molecule has 0 spiro atoms. The number of imidazole rings is 1. The smallest absolute Gasteiger partial charge is 0.217 e. The molecule has 170 valence electrons. The SMILES string of the molecule is CC(Nc1ncnc2nc[nH]c12)c1cc(Cl)c2cccnc2c1N1CCC(CCC(N)=O)C1. The van der Waals surface area contributed by atoms with Gasteiger partial charge in [-0.25, -0.2) is 15.0 Å². The van der Waals surface area contributed by atoms with Crippen LogP contribution in [0.15, 0.2) is 37.1 Å². The van der Waals surface area contributed by atoms with E-state index in [9.17, 15) is 4.79 Å². The number of halogens is 1. The van der Waals surface area contributed by atoms with Gasteiger partial charge >= 0.3 is 0 Å². The first-order chi connectivity index (χ1) is 16.0. The van der Waals surface area contributed by atoms with E-state index in [1.54, 1.807) is 12.5 Å². The second kappa shape index (κ2) is 8.82. The summed E-state index contributed by atoms with van der Waals surface area (Å²) in [6.45, 7) is 3.81. The first kappa shape index (κ1) is 21.4. The Bertz CT molecular complexity index is 1320.